The van der Waals surface area contributed by atoms with E-state index >= 15 is 4.39 Å². The Balaban J connectivity index is 1.92. The Labute approximate surface area is 178 Å². The summed E-state index contributed by atoms with van der Waals surface area (Å²) in [5, 5.41) is 12.6. The lowest BCUT2D eigenvalue weighted by Gasteiger charge is -2.28. The van der Waals surface area contributed by atoms with E-state index in [2.05, 4.69) is 5.32 Å². The normalized spacial score (nSPS) is 18.2. The van der Waals surface area contributed by atoms with Gasteiger partial charge in [0.1, 0.15) is 26.7 Å². The predicted molar refractivity (Wildman–Crippen MR) is 110 cm³/mol. The third kappa shape index (κ3) is 2.86. The van der Waals surface area contributed by atoms with Gasteiger partial charge in [-0.1, -0.05) is 17.7 Å². The van der Waals surface area contributed by atoms with Crippen LogP contribution in [-0.4, -0.2) is 23.9 Å². The molecule has 4 rings (SSSR count). The summed E-state index contributed by atoms with van der Waals surface area (Å²) in [6.45, 7) is 1.66. The quantitative estimate of drug-likeness (QED) is 0.537. The highest BCUT2D eigenvalue weighted by molar-refractivity contribution is 7.21. The van der Waals surface area contributed by atoms with Gasteiger partial charge in [-0.3, -0.25) is 9.59 Å². The molecule has 0 fully saturated rings. The summed E-state index contributed by atoms with van der Waals surface area (Å²) in [6.07, 6.45) is 0. The molecule has 0 spiro atoms. The highest BCUT2D eigenvalue weighted by Gasteiger charge is 2.54. The number of anilines is 1. The summed E-state index contributed by atoms with van der Waals surface area (Å²) >= 11 is 7.13. The van der Waals surface area contributed by atoms with Gasteiger partial charge in [0.25, 0.3) is 11.6 Å². The summed E-state index contributed by atoms with van der Waals surface area (Å²) in [7, 11) is 1.45. The Kier molecular flexibility index (Phi) is 4.79. The van der Waals surface area contributed by atoms with E-state index < -0.39 is 28.9 Å². The second-order valence-corrected chi connectivity index (χ2v) is 8.37. The maximum atomic E-state index is 16.1. The summed E-state index contributed by atoms with van der Waals surface area (Å²) in [6, 6.07) is 7.31. The van der Waals surface area contributed by atoms with Crippen LogP contribution in [0.2, 0.25) is 4.34 Å². The minimum absolute atomic E-state index is 0.0337. The van der Waals surface area contributed by atoms with E-state index in [-0.39, 0.29) is 31.6 Å². The van der Waals surface area contributed by atoms with Gasteiger partial charge < -0.3 is 15.2 Å². The molecule has 3 aromatic rings. The van der Waals surface area contributed by atoms with Crippen molar-refractivity contribution in [2.24, 2.45) is 0 Å². The summed E-state index contributed by atoms with van der Waals surface area (Å²) < 4.78 is 34.7. The average Bonchev–Trinajstić information content (AvgIpc) is 3.01. The number of aryl methyl sites for hydroxylation is 1. The monoisotopic (exact) mass is 449 g/mol. The molecule has 0 radical (unpaired) electrons. The maximum absolute atomic E-state index is 16.1. The molecule has 2 heterocycles. The number of aromatic hydroxyl groups is 1. The lowest BCUT2D eigenvalue weighted by molar-refractivity contribution is -0.125. The first kappa shape index (κ1) is 20.3. The molecule has 30 heavy (non-hydrogen) atoms. The number of methoxy groups -OCH3 is 1. The number of carbonyl (C=O) groups is 2. The number of benzene rings is 2. The predicted octanol–water partition coefficient (Wildman–Crippen LogP) is 5.23. The fraction of sp³-hybridized carbons (Fsp3) is 0.143. The van der Waals surface area contributed by atoms with Crippen LogP contribution in [0.5, 0.6) is 11.5 Å². The van der Waals surface area contributed by atoms with Crippen LogP contribution in [0.25, 0.3) is 11.1 Å². The van der Waals surface area contributed by atoms with Crippen molar-refractivity contribution in [3.8, 4) is 22.6 Å². The highest BCUT2D eigenvalue weighted by Crippen LogP contribution is 2.51. The number of hydrogen-bond donors (Lipinski definition) is 2. The van der Waals surface area contributed by atoms with Gasteiger partial charge in [-0.15, -0.1) is 11.3 Å². The number of hydrogen-bond acceptors (Lipinski definition) is 5. The van der Waals surface area contributed by atoms with E-state index in [4.69, 9.17) is 16.3 Å². The maximum Gasteiger partial charge on any atom is 0.276 e. The van der Waals surface area contributed by atoms with E-state index in [0.717, 1.165) is 23.5 Å². The van der Waals surface area contributed by atoms with Crippen LogP contribution >= 0.6 is 22.9 Å². The number of nitrogens with one attached hydrogen (secondary N) is 1. The van der Waals surface area contributed by atoms with Gasteiger partial charge in [0.2, 0.25) is 5.78 Å². The molecule has 1 unspecified atom stereocenters. The van der Waals surface area contributed by atoms with Crippen LogP contribution in [0, 0.1) is 12.7 Å². The lowest BCUT2D eigenvalue weighted by Crippen LogP contribution is -2.47. The summed E-state index contributed by atoms with van der Waals surface area (Å²) in [5.74, 6) is -2.94. The number of carbonyl (C=O) groups excluding carboxylic acids is 2. The number of phenolic OH excluding ortho intramolecular Hbond substituents is 1. The first-order valence-corrected chi connectivity index (χ1v) is 9.89. The van der Waals surface area contributed by atoms with Crippen LogP contribution < -0.4 is 10.1 Å². The van der Waals surface area contributed by atoms with E-state index in [9.17, 15) is 19.1 Å². The third-order valence-corrected chi connectivity index (χ3v) is 6.28. The number of thiophene rings is 1. The van der Waals surface area contributed by atoms with Crippen LogP contribution in [0.1, 0.15) is 21.5 Å². The van der Waals surface area contributed by atoms with Gasteiger partial charge in [-0.25, -0.2) is 8.78 Å². The largest absolute Gasteiger partial charge is 0.507 e. The first-order chi connectivity index (χ1) is 14.2. The fourth-order valence-corrected chi connectivity index (χ4v) is 4.85. The average molecular weight is 450 g/mol. The number of ketones is 1. The van der Waals surface area contributed by atoms with Crippen molar-refractivity contribution < 1.29 is 28.2 Å². The van der Waals surface area contributed by atoms with Crippen molar-refractivity contribution >= 4 is 39.6 Å². The molecule has 5 nitrogen and oxygen atoms in total. The molecule has 9 heteroatoms. The van der Waals surface area contributed by atoms with Crippen molar-refractivity contribution in [1.82, 2.24) is 0 Å². The summed E-state index contributed by atoms with van der Waals surface area (Å²) in [5.41, 5.74) is -2.73. The van der Waals surface area contributed by atoms with Crippen LogP contribution in [0.4, 0.5) is 13.8 Å². The van der Waals surface area contributed by atoms with Gasteiger partial charge in [0, 0.05) is 22.8 Å². The number of amides is 1. The Hall–Kier alpha value is -2.97. The number of phenols is 1. The topological polar surface area (TPSA) is 75.6 Å². The minimum atomic E-state index is -3.02. The molecule has 1 aliphatic rings. The molecule has 154 valence electrons. The van der Waals surface area contributed by atoms with Gasteiger partial charge in [-0.2, -0.15) is 0 Å². The smallest absolute Gasteiger partial charge is 0.276 e. The lowest BCUT2D eigenvalue weighted by atomic mass is 9.82. The molecule has 2 aromatic carbocycles. The molecule has 0 saturated heterocycles. The molecule has 1 amide bonds. The Morgan fingerprint density at radius 2 is 1.90 bits per heavy atom. The van der Waals surface area contributed by atoms with Crippen LogP contribution in [0.3, 0.4) is 0 Å². The van der Waals surface area contributed by atoms with Gasteiger partial charge in [-0.05, 0) is 36.8 Å². The highest BCUT2D eigenvalue weighted by atomic mass is 35.5. The van der Waals surface area contributed by atoms with Crippen molar-refractivity contribution in [2.45, 2.75) is 12.6 Å². The third-order valence-electron chi connectivity index (χ3n) is 4.97. The van der Waals surface area contributed by atoms with Crippen molar-refractivity contribution in [1.29, 1.82) is 0 Å². The minimum Gasteiger partial charge on any atom is -0.507 e. The zero-order valence-electron chi connectivity index (χ0n) is 15.7. The molecule has 0 aliphatic carbocycles. The molecule has 0 bridgehead atoms. The molecule has 2 N–H and O–H groups in total. The number of rotatable bonds is 3. The fourth-order valence-electron chi connectivity index (χ4n) is 3.48. The van der Waals surface area contributed by atoms with Crippen LogP contribution in [-0.2, 0) is 10.5 Å². The molecule has 0 saturated carbocycles. The van der Waals surface area contributed by atoms with Gasteiger partial charge in [0.05, 0.1) is 12.7 Å². The second kappa shape index (κ2) is 7.07. The first-order valence-electron chi connectivity index (χ1n) is 8.70. The van der Waals surface area contributed by atoms with Crippen molar-refractivity contribution in [2.75, 3.05) is 12.4 Å². The zero-order valence-corrected chi connectivity index (χ0v) is 17.3. The molecular weight excluding hydrogens is 436 g/mol. The summed E-state index contributed by atoms with van der Waals surface area (Å²) in [4.78, 5) is 26.0. The number of fused-ring (bicyclic) bond motifs is 1. The number of Topliss-reactive ketones (excluding diaryl/α,β-unsaturated/α-hetero) is 1. The Bertz CT molecular complexity index is 1230. The van der Waals surface area contributed by atoms with E-state index in [1.165, 1.54) is 31.4 Å². The molecule has 1 atom stereocenters. The SMILES string of the molecule is COc1ccc(C2(F)C(=O)Nc3sc(Cl)c(-c4ccc(F)cc4O)c3C2=O)cc1C. The number of ether oxygens (including phenoxy) is 1. The van der Waals surface area contributed by atoms with E-state index in [0.29, 0.717) is 11.3 Å². The molecule has 1 aromatic heterocycles. The van der Waals surface area contributed by atoms with Crippen molar-refractivity contribution in [3.63, 3.8) is 0 Å². The number of alkyl halides is 1. The second-order valence-electron chi connectivity index (χ2n) is 6.74. The Morgan fingerprint density at radius 3 is 2.53 bits per heavy atom. The zero-order chi connectivity index (χ0) is 21.8. The van der Waals surface area contributed by atoms with Crippen LogP contribution in [0.15, 0.2) is 36.4 Å². The van der Waals surface area contributed by atoms with E-state index in [1.807, 2.05) is 0 Å². The molecule has 1 aliphatic heterocycles. The van der Waals surface area contributed by atoms with Crippen molar-refractivity contribution in [3.05, 3.63) is 63.2 Å². The van der Waals surface area contributed by atoms with Gasteiger partial charge >= 0.3 is 0 Å². The molecular formula is C21H14ClF2NO4S. The Morgan fingerprint density at radius 1 is 1.17 bits per heavy atom. The van der Waals surface area contributed by atoms with E-state index in [1.54, 1.807) is 6.92 Å². The van der Waals surface area contributed by atoms with Gasteiger partial charge in [0.15, 0.2) is 0 Å². The number of halogens is 3. The standard InChI is InChI=1S/C21H14ClF2NO4S/c1-9-7-10(3-6-14(9)29-2)21(24)17(27)16-15(12-5-4-11(23)8-13(12)26)18(22)30-19(16)25-20(21)28/h3-8,26H,1-2H3,(H,25,28).